The number of rotatable bonds is 5. The molecule has 8 aromatic carbocycles. The van der Waals surface area contributed by atoms with Gasteiger partial charge in [0.25, 0.3) is 0 Å². The zero-order chi connectivity index (χ0) is 47.2. The van der Waals surface area contributed by atoms with Crippen LogP contribution in [0.25, 0.3) is 44.2 Å². The molecular formula is C64H60BN3O. The first-order chi connectivity index (χ1) is 33.2. The molecule has 1 aromatic heterocycles. The van der Waals surface area contributed by atoms with Crippen LogP contribution in [0.4, 0.5) is 39.8 Å². The van der Waals surface area contributed by atoms with Crippen molar-refractivity contribution >= 4 is 79.5 Å². The summed E-state index contributed by atoms with van der Waals surface area (Å²) in [5.74, 6) is 0. The molecule has 0 radical (unpaired) electrons. The van der Waals surface area contributed by atoms with Crippen molar-refractivity contribution in [2.75, 3.05) is 14.6 Å². The van der Waals surface area contributed by atoms with Crippen molar-refractivity contribution in [3.63, 3.8) is 0 Å². The number of hydrogen-bond donors (Lipinski definition) is 0. The summed E-state index contributed by atoms with van der Waals surface area (Å²) in [5.41, 5.74) is 21.9. The van der Waals surface area contributed by atoms with Crippen molar-refractivity contribution in [1.82, 2.24) is 0 Å². The number of hydrogen-bond acceptors (Lipinski definition) is 4. The lowest BCUT2D eigenvalue weighted by Gasteiger charge is -2.53. The van der Waals surface area contributed by atoms with E-state index in [1.807, 2.05) is 0 Å². The van der Waals surface area contributed by atoms with E-state index in [9.17, 15) is 0 Å². The Bertz CT molecular complexity index is 3490. The first-order valence-corrected chi connectivity index (χ1v) is 25.3. The molecule has 0 spiro atoms. The molecule has 3 aliphatic heterocycles. The van der Waals surface area contributed by atoms with Gasteiger partial charge in [-0.05, 0) is 130 Å². The Morgan fingerprint density at radius 2 is 1.17 bits per heavy atom. The summed E-state index contributed by atoms with van der Waals surface area (Å²) in [6.45, 7) is 19.3. The summed E-state index contributed by atoms with van der Waals surface area (Å²) < 4.78 is 6.88. The molecule has 0 amide bonds. The molecule has 69 heavy (non-hydrogen) atoms. The van der Waals surface area contributed by atoms with Crippen molar-refractivity contribution < 1.29 is 4.42 Å². The van der Waals surface area contributed by atoms with Crippen LogP contribution in [0.15, 0.2) is 174 Å². The van der Waals surface area contributed by atoms with Gasteiger partial charge in [-0.25, -0.2) is 0 Å². The molecule has 0 N–H and O–H groups in total. The Balaban J connectivity index is 1.22. The zero-order valence-electron chi connectivity index (χ0n) is 41.3. The number of fused-ring (bicyclic) bond motifs is 10. The molecule has 1 fully saturated rings. The van der Waals surface area contributed by atoms with Gasteiger partial charge in [0, 0.05) is 73.2 Å². The molecule has 1 saturated carbocycles. The van der Waals surface area contributed by atoms with Gasteiger partial charge in [0.05, 0.1) is 5.54 Å². The SMILES string of the molecule is CC(C)(C)c1ccc(N2B3c4cc(C(C)(C)C)cc5c4N(c4cc(N(c6ccccc6)c6ccccc6)cc(c43)-c3cc4c(cc32)oc2ccccc24)C2(C)CCCCC52C)c(-c2ccccc2)c1. The highest BCUT2D eigenvalue weighted by atomic mass is 16.3. The second-order valence-corrected chi connectivity index (χ2v) is 22.9. The topological polar surface area (TPSA) is 22.9 Å². The average Bonchev–Trinajstić information content (AvgIpc) is 3.82. The quantitative estimate of drug-likeness (QED) is 0.161. The van der Waals surface area contributed by atoms with E-state index in [1.165, 1.54) is 79.8 Å². The highest BCUT2D eigenvalue weighted by Gasteiger charge is 2.62. The normalized spacial score (nSPS) is 19.1. The van der Waals surface area contributed by atoms with Gasteiger partial charge in [-0.1, -0.05) is 164 Å². The Morgan fingerprint density at radius 1 is 0.522 bits per heavy atom. The predicted octanol–water partition coefficient (Wildman–Crippen LogP) is 16.3. The first-order valence-electron chi connectivity index (χ1n) is 25.3. The number of benzene rings is 8. The highest BCUT2D eigenvalue weighted by Crippen LogP contribution is 2.63. The van der Waals surface area contributed by atoms with Crippen LogP contribution >= 0.6 is 0 Å². The fourth-order valence-corrected chi connectivity index (χ4v) is 13.0. The molecule has 0 saturated heterocycles. The van der Waals surface area contributed by atoms with E-state index in [1.54, 1.807) is 0 Å². The van der Waals surface area contributed by atoms with E-state index >= 15 is 0 Å². The minimum Gasteiger partial charge on any atom is -0.456 e. The fraction of sp³-hybridized carbons (Fsp3) is 0.250. The van der Waals surface area contributed by atoms with Crippen LogP contribution in [-0.2, 0) is 16.2 Å². The smallest absolute Gasteiger partial charge is 0.333 e. The second-order valence-electron chi connectivity index (χ2n) is 22.9. The highest BCUT2D eigenvalue weighted by molar-refractivity contribution is 6.93. The molecule has 4 heterocycles. The third kappa shape index (κ3) is 6.08. The summed E-state index contributed by atoms with van der Waals surface area (Å²) in [6, 6.07) is 64.0. The maximum absolute atomic E-state index is 6.88. The first kappa shape index (κ1) is 42.2. The van der Waals surface area contributed by atoms with E-state index in [0.717, 1.165) is 57.5 Å². The van der Waals surface area contributed by atoms with Crippen molar-refractivity contribution in [2.24, 2.45) is 0 Å². The van der Waals surface area contributed by atoms with Gasteiger partial charge < -0.3 is 19.0 Å². The van der Waals surface area contributed by atoms with Gasteiger partial charge in [0.1, 0.15) is 11.2 Å². The Labute approximate surface area is 408 Å². The van der Waals surface area contributed by atoms with Gasteiger partial charge in [-0.2, -0.15) is 0 Å². The van der Waals surface area contributed by atoms with Crippen LogP contribution in [-0.4, -0.2) is 12.4 Å². The summed E-state index contributed by atoms with van der Waals surface area (Å²) in [6.07, 6.45) is 4.73. The van der Waals surface area contributed by atoms with Gasteiger partial charge in [-0.15, -0.1) is 0 Å². The second kappa shape index (κ2) is 14.8. The van der Waals surface area contributed by atoms with Crippen LogP contribution in [0.5, 0.6) is 0 Å². The third-order valence-electron chi connectivity index (χ3n) is 16.8. The maximum atomic E-state index is 6.88. The van der Waals surface area contributed by atoms with Crippen LogP contribution < -0.4 is 25.5 Å². The fourth-order valence-electron chi connectivity index (χ4n) is 13.0. The minimum atomic E-state index is -0.153. The van der Waals surface area contributed by atoms with E-state index < -0.39 is 0 Å². The lowest BCUT2D eigenvalue weighted by molar-refractivity contribution is 0.195. The minimum absolute atomic E-state index is 0.0454. The molecule has 2 atom stereocenters. The zero-order valence-corrected chi connectivity index (χ0v) is 41.3. The number of nitrogens with zero attached hydrogens (tertiary/aromatic N) is 3. The van der Waals surface area contributed by atoms with Crippen LogP contribution in [0.3, 0.4) is 0 Å². The van der Waals surface area contributed by atoms with Crippen molar-refractivity contribution in [1.29, 1.82) is 0 Å². The van der Waals surface area contributed by atoms with E-state index in [0.29, 0.717) is 0 Å². The van der Waals surface area contributed by atoms with Gasteiger partial charge in [0.2, 0.25) is 0 Å². The van der Waals surface area contributed by atoms with E-state index in [4.69, 9.17) is 4.42 Å². The molecule has 1 aliphatic carbocycles. The lowest BCUT2D eigenvalue weighted by Crippen LogP contribution is -2.64. The van der Waals surface area contributed by atoms with E-state index in [2.05, 4.69) is 240 Å². The number of para-hydroxylation sites is 3. The standard InChI is InChI=1S/C64H60BN3O/c1-61(2,3)42-30-31-54(48(34-42)41-22-12-9-13-23-41)68-55-40-58-50(47-28-18-19-29-57(47)69-58)39-49(55)51-37-46(66(44-24-14-10-15-25-44)45-26-16-11-17-27-45)38-56-59(51)65(68)53-36-43(62(4,5)6)35-52-60(53)67(56)64(8)33-21-20-32-63(52,64)7/h9-19,22-31,34-40H,20-21,32-33H2,1-8H3. The van der Waals surface area contributed by atoms with Crippen LogP contribution in [0.1, 0.15) is 97.8 Å². The molecule has 4 aliphatic rings. The van der Waals surface area contributed by atoms with Crippen LogP contribution in [0.2, 0.25) is 0 Å². The molecule has 4 nitrogen and oxygen atoms in total. The molecule has 13 rings (SSSR count). The van der Waals surface area contributed by atoms with Crippen LogP contribution in [0, 0.1) is 0 Å². The maximum Gasteiger partial charge on any atom is 0.333 e. The lowest BCUT2D eigenvalue weighted by atomic mass is 9.43. The molecule has 5 heteroatoms. The summed E-state index contributed by atoms with van der Waals surface area (Å²) in [7, 11) is 0. The molecule has 0 bridgehead atoms. The molecule has 9 aromatic rings. The van der Waals surface area contributed by atoms with E-state index in [-0.39, 0.29) is 28.6 Å². The summed E-state index contributed by atoms with van der Waals surface area (Å²) in [5, 5.41) is 2.27. The molecular weight excluding hydrogens is 838 g/mol. The number of anilines is 7. The average molecular weight is 898 g/mol. The van der Waals surface area contributed by atoms with Gasteiger partial charge in [-0.3, -0.25) is 0 Å². The summed E-state index contributed by atoms with van der Waals surface area (Å²) >= 11 is 0. The van der Waals surface area contributed by atoms with Crippen molar-refractivity contribution in [3.8, 4) is 22.3 Å². The molecule has 2 unspecified atom stereocenters. The van der Waals surface area contributed by atoms with Gasteiger partial charge in [0.15, 0.2) is 0 Å². The van der Waals surface area contributed by atoms with Crippen molar-refractivity contribution in [3.05, 3.63) is 187 Å². The monoisotopic (exact) mass is 897 g/mol. The largest absolute Gasteiger partial charge is 0.456 e. The number of furan rings is 1. The summed E-state index contributed by atoms with van der Waals surface area (Å²) in [4.78, 5) is 8.09. The third-order valence-corrected chi connectivity index (χ3v) is 16.8. The Morgan fingerprint density at radius 3 is 1.87 bits per heavy atom. The van der Waals surface area contributed by atoms with Crippen molar-refractivity contribution in [2.45, 2.75) is 103 Å². The Kier molecular flexibility index (Phi) is 9.02. The predicted molar refractivity (Wildman–Crippen MR) is 293 cm³/mol. The molecule has 340 valence electrons. The van der Waals surface area contributed by atoms with Gasteiger partial charge >= 0.3 is 6.85 Å². The Hall–Kier alpha value is -6.98.